The zero-order valence-electron chi connectivity index (χ0n) is 19.5. The van der Waals surface area contributed by atoms with Crippen LogP contribution in [0.4, 0.5) is 0 Å². The van der Waals surface area contributed by atoms with Crippen molar-refractivity contribution in [3.63, 3.8) is 0 Å². The van der Waals surface area contributed by atoms with Gasteiger partial charge in [0.15, 0.2) is 11.5 Å². The van der Waals surface area contributed by atoms with E-state index in [0.29, 0.717) is 24.6 Å². The average molecular weight is 454 g/mol. The third-order valence-corrected chi connectivity index (χ3v) is 6.25. The van der Waals surface area contributed by atoms with E-state index in [0.717, 1.165) is 33.5 Å². The maximum absolute atomic E-state index is 13.8. The van der Waals surface area contributed by atoms with Gasteiger partial charge in [0.2, 0.25) is 0 Å². The van der Waals surface area contributed by atoms with Crippen molar-refractivity contribution in [2.45, 2.75) is 26.4 Å². The molecule has 3 aromatic carbocycles. The highest BCUT2D eigenvalue weighted by Crippen LogP contribution is 2.45. The number of hydrogen-bond acceptors (Lipinski definition) is 4. The van der Waals surface area contributed by atoms with E-state index in [-0.39, 0.29) is 17.7 Å². The molecule has 1 aromatic heterocycles. The lowest BCUT2D eigenvalue weighted by atomic mass is 9.95. The summed E-state index contributed by atoms with van der Waals surface area (Å²) in [5, 5.41) is 15.1. The van der Waals surface area contributed by atoms with Gasteiger partial charge in [0.1, 0.15) is 5.69 Å². The van der Waals surface area contributed by atoms with Crippen molar-refractivity contribution >= 4 is 5.91 Å². The van der Waals surface area contributed by atoms with E-state index in [1.807, 2.05) is 80.4 Å². The van der Waals surface area contributed by atoms with E-state index in [9.17, 15) is 9.90 Å². The fraction of sp³-hybridized carbons (Fsp3) is 0.214. The standard InChI is InChI=1S/C28H27N3O3/c1-4-34-23-16-21(14-15-22(23)32)26-24-25(20-12-10-18(2)11-13-20)29-30(3)27(24)28(33)31(26)17-19-8-6-5-7-9-19/h5-16,26,32H,4,17H2,1-3H3/t26-/m0/s1. The summed E-state index contributed by atoms with van der Waals surface area (Å²) in [5.74, 6) is 0.416. The Morgan fingerprint density at radius 3 is 2.47 bits per heavy atom. The van der Waals surface area contributed by atoms with Gasteiger partial charge in [0.05, 0.1) is 18.3 Å². The van der Waals surface area contributed by atoms with Gasteiger partial charge in [0, 0.05) is 24.7 Å². The fourth-order valence-electron chi connectivity index (χ4n) is 4.65. The Morgan fingerprint density at radius 1 is 1.03 bits per heavy atom. The van der Waals surface area contributed by atoms with Crippen LogP contribution in [0, 0.1) is 6.92 Å². The van der Waals surface area contributed by atoms with Crippen LogP contribution < -0.4 is 4.74 Å². The zero-order chi connectivity index (χ0) is 23.8. The molecule has 1 amide bonds. The van der Waals surface area contributed by atoms with E-state index >= 15 is 0 Å². The van der Waals surface area contributed by atoms with Gasteiger partial charge in [-0.05, 0) is 37.1 Å². The maximum Gasteiger partial charge on any atom is 0.273 e. The number of carbonyl (C=O) groups excluding carboxylic acids is 1. The molecular formula is C28H27N3O3. The first kappa shape index (κ1) is 21.8. The van der Waals surface area contributed by atoms with Crippen molar-refractivity contribution < 1.29 is 14.6 Å². The summed E-state index contributed by atoms with van der Waals surface area (Å²) in [6, 6.07) is 23.1. The van der Waals surface area contributed by atoms with Crippen molar-refractivity contribution in [2.75, 3.05) is 6.61 Å². The number of ether oxygens (including phenoxy) is 1. The lowest BCUT2D eigenvalue weighted by molar-refractivity contribution is 0.0725. The average Bonchev–Trinajstić information content (AvgIpc) is 3.32. The predicted molar refractivity (Wildman–Crippen MR) is 131 cm³/mol. The molecule has 5 rings (SSSR count). The number of hydrogen-bond donors (Lipinski definition) is 1. The minimum absolute atomic E-state index is 0.0664. The first-order chi connectivity index (χ1) is 16.5. The molecule has 6 heteroatoms. The molecule has 0 fully saturated rings. The summed E-state index contributed by atoms with van der Waals surface area (Å²) < 4.78 is 7.35. The highest BCUT2D eigenvalue weighted by molar-refractivity contribution is 6.00. The molecule has 1 aliphatic heterocycles. The molecule has 1 atom stereocenters. The van der Waals surface area contributed by atoms with Gasteiger partial charge in [-0.3, -0.25) is 9.48 Å². The Bertz CT molecular complexity index is 1340. The van der Waals surface area contributed by atoms with Gasteiger partial charge in [-0.15, -0.1) is 0 Å². The SMILES string of the molecule is CCOc1cc([C@H]2c3c(-c4ccc(C)cc4)nn(C)c3C(=O)N2Cc2ccccc2)ccc1O. The van der Waals surface area contributed by atoms with E-state index in [1.54, 1.807) is 10.7 Å². The van der Waals surface area contributed by atoms with Crippen molar-refractivity contribution in [3.8, 4) is 22.8 Å². The van der Waals surface area contributed by atoms with Crippen molar-refractivity contribution in [2.24, 2.45) is 7.05 Å². The topological polar surface area (TPSA) is 67.6 Å². The minimum atomic E-state index is -0.368. The summed E-state index contributed by atoms with van der Waals surface area (Å²) in [7, 11) is 1.82. The predicted octanol–water partition coefficient (Wildman–Crippen LogP) is 5.25. The zero-order valence-corrected chi connectivity index (χ0v) is 19.5. The Morgan fingerprint density at radius 2 is 1.76 bits per heavy atom. The van der Waals surface area contributed by atoms with E-state index < -0.39 is 0 Å². The Kier molecular flexibility index (Phi) is 5.57. The monoisotopic (exact) mass is 453 g/mol. The van der Waals surface area contributed by atoms with Gasteiger partial charge < -0.3 is 14.7 Å². The molecule has 0 spiro atoms. The molecule has 0 saturated heterocycles. The molecule has 6 nitrogen and oxygen atoms in total. The summed E-state index contributed by atoms with van der Waals surface area (Å²) in [6.45, 7) is 4.81. The molecule has 0 unspecified atom stereocenters. The number of nitrogens with zero attached hydrogens (tertiary/aromatic N) is 3. The number of aromatic hydroxyl groups is 1. The number of fused-ring (bicyclic) bond motifs is 1. The molecule has 0 radical (unpaired) electrons. The van der Waals surface area contributed by atoms with Crippen LogP contribution in [-0.4, -0.2) is 32.3 Å². The number of phenolic OH excluding ortho intramolecular Hbond substituents is 1. The number of aromatic nitrogens is 2. The molecule has 1 N–H and O–H groups in total. The lowest BCUT2D eigenvalue weighted by Gasteiger charge is -2.27. The third-order valence-electron chi connectivity index (χ3n) is 6.25. The molecule has 0 saturated carbocycles. The number of aryl methyl sites for hydroxylation is 2. The number of rotatable bonds is 6. The smallest absolute Gasteiger partial charge is 0.273 e. The quantitative estimate of drug-likeness (QED) is 0.433. The molecule has 2 heterocycles. The van der Waals surface area contributed by atoms with Crippen molar-refractivity contribution in [1.29, 1.82) is 0 Å². The molecule has 1 aliphatic rings. The van der Waals surface area contributed by atoms with Crippen molar-refractivity contribution in [3.05, 3.63) is 101 Å². The molecular weight excluding hydrogens is 426 g/mol. The second kappa shape index (κ2) is 8.71. The Labute approximate surface area is 199 Å². The largest absolute Gasteiger partial charge is 0.504 e. The first-order valence-corrected chi connectivity index (χ1v) is 11.4. The van der Waals surface area contributed by atoms with Gasteiger partial charge >= 0.3 is 0 Å². The fourth-order valence-corrected chi connectivity index (χ4v) is 4.65. The normalized spacial score (nSPS) is 15.0. The van der Waals surface area contributed by atoms with Crippen LogP contribution in [-0.2, 0) is 13.6 Å². The van der Waals surface area contributed by atoms with E-state index in [1.165, 1.54) is 0 Å². The highest BCUT2D eigenvalue weighted by atomic mass is 16.5. The van der Waals surface area contributed by atoms with Gasteiger partial charge in [-0.2, -0.15) is 5.10 Å². The van der Waals surface area contributed by atoms with Gasteiger partial charge in [-0.25, -0.2) is 0 Å². The second-order valence-corrected chi connectivity index (χ2v) is 8.58. The number of carbonyl (C=O) groups is 1. The number of phenols is 1. The number of amides is 1. The van der Waals surface area contributed by atoms with Crippen molar-refractivity contribution in [1.82, 2.24) is 14.7 Å². The Balaban J connectivity index is 1.69. The Hall–Kier alpha value is -4.06. The van der Waals surface area contributed by atoms with Crippen LogP contribution in [0.1, 0.15) is 45.7 Å². The van der Waals surface area contributed by atoms with Crippen LogP contribution in [0.15, 0.2) is 72.8 Å². The summed E-state index contributed by atoms with van der Waals surface area (Å²) >= 11 is 0. The minimum Gasteiger partial charge on any atom is -0.504 e. The summed E-state index contributed by atoms with van der Waals surface area (Å²) in [5.41, 5.74) is 6.29. The summed E-state index contributed by atoms with van der Waals surface area (Å²) in [6.07, 6.45) is 0. The maximum atomic E-state index is 13.8. The molecule has 0 bridgehead atoms. The molecule has 172 valence electrons. The molecule has 4 aromatic rings. The third kappa shape index (κ3) is 3.71. The summed E-state index contributed by atoms with van der Waals surface area (Å²) in [4.78, 5) is 15.6. The number of benzene rings is 3. The second-order valence-electron chi connectivity index (χ2n) is 8.58. The van der Waals surface area contributed by atoms with Gasteiger partial charge in [0.25, 0.3) is 5.91 Å². The highest BCUT2D eigenvalue weighted by Gasteiger charge is 2.43. The molecule has 0 aliphatic carbocycles. The van der Waals surface area contributed by atoms with E-state index in [2.05, 4.69) is 12.1 Å². The van der Waals surface area contributed by atoms with Crippen LogP contribution in [0.3, 0.4) is 0 Å². The molecule has 34 heavy (non-hydrogen) atoms. The van der Waals surface area contributed by atoms with Gasteiger partial charge in [-0.1, -0.05) is 66.2 Å². The van der Waals surface area contributed by atoms with Crippen LogP contribution in [0.5, 0.6) is 11.5 Å². The van der Waals surface area contributed by atoms with E-state index in [4.69, 9.17) is 9.84 Å². The van der Waals surface area contributed by atoms with Crippen LogP contribution >= 0.6 is 0 Å². The van der Waals surface area contributed by atoms with Crippen LogP contribution in [0.2, 0.25) is 0 Å². The first-order valence-electron chi connectivity index (χ1n) is 11.4. The lowest BCUT2D eigenvalue weighted by Crippen LogP contribution is -2.29. The van der Waals surface area contributed by atoms with Crippen LogP contribution in [0.25, 0.3) is 11.3 Å².